The van der Waals surface area contributed by atoms with Crippen LogP contribution in [0, 0.1) is 5.92 Å². The van der Waals surface area contributed by atoms with Crippen LogP contribution in [0.2, 0.25) is 0 Å². The van der Waals surface area contributed by atoms with Gasteiger partial charge in [-0.3, -0.25) is 0 Å². The van der Waals surface area contributed by atoms with Gasteiger partial charge in [-0.05, 0) is 63.0 Å². The Morgan fingerprint density at radius 1 is 1.04 bits per heavy atom. The number of piperidine rings is 1. The minimum Gasteiger partial charge on any atom is -0.368 e. The minimum absolute atomic E-state index is 0.406. The molecule has 2 unspecified atom stereocenters. The summed E-state index contributed by atoms with van der Waals surface area (Å²) in [6.45, 7) is 3.33. The highest BCUT2D eigenvalue weighted by Crippen LogP contribution is 2.37. The van der Waals surface area contributed by atoms with Crippen molar-refractivity contribution in [3.63, 3.8) is 0 Å². The van der Waals surface area contributed by atoms with Crippen molar-refractivity contribution in [2.24, 2.45) is 5.92 Å². The molecule has 3 heterocycles. The number of hydrogen-bond donors (Lipinski definition) is 2. The SMILES string of the molecule is Nc1nc2c(c(N3CCCC4NCCCC4C3)n1)CCCc1ccccc1-2. The highest BCUT2D eigenvalue weighted by molar-refractivity contribution is 5.74. The predicted molar refractivity (Wildman–Crippen MR) is 110 cm³/mol. The van der Waals surface area contributed by atoms with Crippen LogP contribution in [-0.2, 0) is 12.8 Å². The number of nitrogens with zero attached hydrogens (tertiary/aromatic N) is 3. The highest BCUT2D eigenvalue weighted by Gasteiger charge is 2.31. The molecule has 2 aromatic rings. The van der Waals surface area contributed by atoms with Crippen LogP contribution in [-0.4, -0.2) is 35.6 Å². The number of anilines is 2. The lowest BCUT2D eigenvalue weighted by molar-refractivity contribution is 0.283. The molecular formula is C22H29N5. The van der Waals surface area contributed by atoms with E-state index in [0.717, 1.165) is 43.9 Å². The monoisotopic (exact) mass is 363 g/mol. The number of nitrogens with two attached hydrogens (primary N) is 1. The molecule has 27 heavy (non-hydrogen) atoms. The minimum atomic E-state index is 0.406. The Balaban J connectivity index is 1.57. The molecule has 2 aliphatic heterocycles. The van der Waals surface area contributed by atoms with Crippen LogP contribution in [0.5, 0.6) is 0 Å². The van der Waals surface area contributed by atoms with Crippen molar-refractivity contribution in [3.05, 3.63) is 35.4 Å². The molecule has 2 atom stereocenters. The summed E-state index contributed by atoms with van der Waals surface area (Å²) >= 11 is 0. The Morgan fingerprint density at radius 2 is 1.96 bits per heavy atom. The van der Waals surface area contributed by atoms with E-state index in [0.29, 0.717) is 17.9 Å². The molecule has 142 valence electrons. The molecule has 2 saturated heterocycles. The van der Waals surface area contributed by atoms with E-state index in [-0.39, 0.29) is 0 Å². The third-order valence-electron chi connectivity index (χ3n) is 6.57. The van der Waals surface area contributed by atoms with Gasteiger partial charge in [-0.2, -0.15) is 4.98 Å². The van der Waals surface area contributed by atoms with Gasteiger partial charge in [-0.15, -0.1) is 0 Å². The summed E-state index contributed by atoms with van der Waals surface area (Å²) in [5.41, 5.74) is 11.2. The maximum atomic E-state index is 6.21. The number of hydrogen-bond acceptors (Lipinski definition) is 5. The van der Waals surface area contributed by atoms with E-state index in [1.165, 1.54) is 48.9 Å². The van der Waals surface area contributed by atoms with Crippen LogP contribution in [0.3, 0.4) is 0 Å². The van der Waals surface area contributed by atoms with E-state index in [2.05, 4.69) is 34.5 Å². The summed E-state index contributed by atoms with van der Waals surface area (Å²) in [6, 6.07) is 9.32. The Hall–Kier alpha value is -2.14. The first-order valence-electron chi connectivity index (χ1n) is 10.5. The Kier molecular flexibility index (Phi) is 4.48. The zero-order valence-corrected chi connectivity index (χ0v) is 16.0. The van der Waals surface area contributed by atoms with Gasteiger partial charge in [0, 0.05) is 30.3 Å². The Labute approximate surface area is 161 Å². The number of aromatic nitrogens is 2. The van der Waals surface area contributed by atoms with Crippen LogP contribution in [0.25, 0.3) is 11.3 Å². The fourth-order valence-corrected chi connectivity index (χ4v) is 5.27. The fourth-order valence-electron chi connectivity index (χ4n) is 5.27. The number of fused-ring (bicyclic) bond motifs is 4. The van der Waals surface area contributed by atoms with Crippen molar-refractivity contribution in [2.45, 2.75) is 51.0 Å². The van der Waals surface area contributed by atoms with Crippen LogP contribution in [0.15, 0.2) is 24.3 Å². The third kappa shape index (κ3) is 3.18. The molecule has 5 nitrogen and oxygen atoms in total. The van der Waals surface area contributed by atoms with Gasteiger partial charge in [0.15, 0.2) is 0 Å². The van der Waals surface area contributed by atoms with Gasteiger partial charge in [0.1, 0.15) is 5.82 Å². The molecule has 1 aromatic carbocycles. The fraction of sp³-hybridized carbons (Fsp3) is 0.545. The summed E-state index contributed by atoms with van der Waals surface area (Å²) in [5.74, 6) is 2.22. The number of aryl methyl sites for hydroxylation is 1. The van der Waals surface area contributed by atoms with Gasteiger partial charge in [0.05, 0.1) is 5.69 Å². The van der Waals surface area contributed by atoms with Crippen molar-refractivity contribution >= 4 is 11.8 Å². The van der Waals surface area contributed by atoms with Crippen LogP contribution >= 0.6 is 0 Å². The topological polar surface area (TPSA) is 67.1 Å². The normalized spacial score (nSPS) is 25.0. The quantitative estimate of drug-likeness (QED) is 0.814. The van der Waals surface area contributed by atoms with Gasteiger partial charge in [-0.25, -0.2) is 4.98 Å². The molecule has 0 radical (unpaired) electrons. The van der Waals surface area contributed by atoms with Crippen molar-refractivity contribution in [2.75, 3.05) is 30.3 Å². The van der Waals surface area contributed by atoms with E-state index < -0.39 is 0 Å². The maximum Gasteiger partial charge on any atom is 0.222 e. The van der Waals surface area contributed by atoms with Gasteiger partial charge in [-0.1, -0.05) is 24.3 Å². The number of benzene rings is 1. The molecule has 2 fully saturated rings. The smallest absolute Gasteiger partial charge is 0.222 e. The molecule has 0 spiro atoms. The zero-order chi connectivity index (χ0) is 18.2. The lowest BCUT2D eigenvalue weighted by atomic mass is 9.89. The maximum absolute atomic E-state index is 6.21. The number of nitrogen functional groups attached to an aromatic ring is 1. The van der Waals surface area contributed by atoms with Gasteiger partial charge in [0.25, 0.3) is 0 Å². The molecule has 0 saturated carbocycles. The molecular weight excluding hydrogens is 334 g/mol. The van der Waals surface area contributed by atoms with E-state index in [4.69, 9.17) is 15.7 Å². The second kappa shape index (κ2) is 7.12. The predicted octanol–water partition coefficient (Wildman–Crippen LogP) is 3.18. The molecule has 1 aliphatic carbocycles. The van der Waals surface area contributed by atoms with Crippen LogP contribution < -0.4 is 16.0 Å². The summed E-state index contributed by atoms with van der Waals surface area (Å²) in [7, 11) is 0. The lowest BCUT2D eigenvalue weighted by Crippen LogP contribution is -2.44. The summed E-state index contributed by atoms with van der Waals surface area (Å²) in [5, 5.41) is 3.75. The molecule has 0 bridgehead atoms. The Bertz CT molecular complexity index is 833. The zero-order valence-electron chi connectivity index (χ0n) is 16.0. The molecule has 0 amide bonds. The standard InChI is InChI=1S/C22H29N5/c23-22-25-20-17-9-2-1-6-15(17)7-3-10-18(20)21(26-22)27-13-5-11-19-16(14-27)8-4-12-24-19/h1-2,6,9,16,19,24H,3-5,7-8,10-14H2,(H2,23,25,26). The first-order valence-corrected chi connectivity index (χ1v) is 10.5. The second-order valence-electron chi connectivity index (χ2n) is 8.29. The number of nitrogens with one attached hydrogen (secondary N) is 1. The Morgan fingerprint density at radius 3 is 2.93 bits per heavy atom. The average Bonchev–Trinajstić information content (AvgIpc) is 3.01. The van der Waals surface area contributed by atoms with Crippen molar-refractivity contribution in [3.8, 4) is 11.3 Å². The van der Waals surface area contributed by atoms with E-state index in [1.54, 1.807) is 0 Å². The first kappa shape index (κ1) is 17.0. The van der Waals surface area contributed by atoms with E-state index in [9.17, 15) is 0 Å². The summed E-state index contributed by atoms with van der Waals surface area (Å²) in [6.07, 6.45) is 8.36. The van der Waals surface area contributed by atoms with Gasteiger partial charge >= 0.3 is 0 Å². The molecule has 5 rings (SSSR count). The van der Waals surface area contributed by atoms with Crippen molar-refractivity contribution in [1.82, 2.24) is 15.3 Å². The lowest BCUT2D eigenvalue weighted by Gasteiger charge is -2.34. The highest BCUT2D eigenvalue weighted by atomic mass is 15.2. The summed E-state index contributed by atoms with van der Waals surface area (Å²) < 4.78 is 0. The average molecular weight is 364 g/mol. The van der Waals surface area contributed by atoms with E-state index >= 15 is 0 Å². The molecule has 1 aromatic heterocycles. The number of rotatable bonds is 1. The van der Waals surface area contributed by atoms with Crippen molar-refractivity contribution < 1.29 is 0 Å². The van der Waals surface area contributed by atoms with Gasteiger partial charge < -0.3 is 16.0 Å². The van der Waals surface area contributed by atoms with Crippen LogP contribution in [0.4, 0.5) is 11.8 Å². The molecule has 3 aliphatic rings. The molecule has 3 N–H and O–H groups in total. The first-order chi connectivity index (χ1) is 13.3. The van der Waals surface area contributed by atoms with Crippen molar-refractivity contribution in [1.29, 1.82) is 0 Å². The third-order valence-corrected chi connectivity index (χ3v) is 6.57. The molecule has 5 heteroatoms. The van der Waals surface area contributed by atoms with Gasteiger partial charge in [0.2, 0.25) is 5.95 Å². The van der Waals surface area contributed by atoms with E-state index in [1.807, 2.05) is 0 Å². The largest absolute Gasteiger partial charge is 0.368 e. The second-order valence-corrected chi connectivity index (χ2v) is 8.29. The summed E-state index contributed by atoms with van der Waals surface area (Å²) in [4.78, 5) is 12.0. The van der Waals surface area contributed by atoms with Crippen LogP contribution in [0.1, 0.15) is 43.2 Å².